The van der Waals surface area contributed by atoms with E-state index in [-0.39, 0.29) is 21.1 Å². The molecule has 0 aliphatic carbocycles. The molecule has 0 unspecified atom stereocenters. The molecule has 76 valence electrons. The molecule has 3 rings (SSSR count). The maximum absolute atomic E-state index is 2.12. The first kappa shape index (κ1) is 10.3. The fourth-order valence-electron chi connectivity index (χ4n) is 1.74. The normalized spacial score (nSPS) is 15.7. The minimum atomic E-state index is 0. The van der Waals surface area contributed by atoms with Crippen LogP contribution in [0.5, 0.6) is 0 Å². The summed E-state index contributed by atoms with van der Waals surface area (Å²) in [6.07, 6.45) is 12.3. The molecule has 1 aromatic carbocycles. The van der Waals surface area contributed by atoms with Gasteiger partial charge in [-0.2, -0.15) is 0 Å². The molecular formula is C12H10N2Pt+2. The minimum absolute atomic E-state index is 0. The van der Waals surface area contributed by atoms with Crippen LogP contribution in [-0.2, 0) is 21.1 Å². The Bertz CT molecular complexity index is 449. The number of para-hydroxylation sites is 1. The third-order valence-corrected chi connectivity index (χ3v) is 2.42. The van der Waals surface area contributed by atoms with Gasteiger partial charge < -0.3 is 0 Å². The van der Waals surface area contributed by atoms with E-state index in [2.05, 4.69) is 52.8 Å². The number of benzene rings is 1. The van der Waals surface area contributed by atoms with Crippen LogP contribution in [-0.4, -0.2) is 5.01 Å². The molecule has 0 bridgehead atoms. The second kappa shape index (κ2) is 4.07. The van der Waals surface area contributed by atoms with Gasteiger partial charge in [0.15, 0.2) is 0 Å². The van der Waals surface area contributed by atoms with Crippen molar-refractivity contribution in [2.24, 2.45) is 0 Å². The average molecular weight is 377 g/mol. The molecule has 2 aliphatic rings. The van der Waals surface area contributed by atoms with Gasteiger partial charge in [-0.3, -0.25) is 10.0 Å². The topological polar surface area (TPSA) is 6.48 Å². The molecule has 2 aliphatic heterocycles. The molecule has 0 N–H and O–H groups in total. The van der Waals surface area contributed by atoms with Crippen LogP contribution in [0.15, 0.2) is 55.0 Å². The van der Waals surface area contributed by atoms with Gasteiger partial charge >= 0.3 is 21.1 Å². The van der Waals surface area contributed by atoms with Crippen molar-refractivity contribution in [3.8, 4) is 0 Å². The first-order valence-corrected chi connectivity index (χ1v) is 4.65. The van der Waals surface area contributed by atoms with Crippen molar-refractivity contribution in [2.45, 2.75) is 0 Å². The summed E-state index contributed by atoms with van der Waals surface area (Å²) in [5, 5.41) is 4.18. The van der Waals surface area contributed by atoms with E-state index in [0.717, 1.165) is 0 Å². The molecule has 0 spiro atoms. The van der Waals surface area contributed by atoms with Gasteiger partial charge in [-0.05, 0) is 24.3 Å². The van der Waals surface area contributed by atoms with Gasteiger partial charge in [0.1, 0.15) is 0 Å². The summed E-state index contributed by atoms with van der Waals surface area (Å²) in [5.74, 6) is 0. The molecule has 0 amide bonds. The molecule has 0 fully saturated rings. The molecule has 2 nitrogen and oxygen atoms in total. The van der Waals surface area contributed by atoms with Crippen molar-refractivity contribution in [1.82, 2.24) is 5.01 Å². The molecule has 1 aromatic rings. The zero-order valence-electron chi connectivity index (χ0n) is 7.98. The summed E-state index contributed by atoms with van der Waals surface area (Å²) in [7, 11) is 0. The number of fused-ring (bicyclic) bond motifs is 3. The van der Waals surface area contributed by atoms with Gasteiger partial charge in [-0.1, -0.05) is 18.2 Å². The van der Waals surface area contributed by atoms with E-state index in [1.54, 1.807) is 0 Å². The molecule has 0 radical (unpaired) electrons. The van der Waals surface area contributed by atoms with Crippen LogP contribution in [0, 0.1) is 0 Å². The smallest absolute Gasteiger partial charge is 0.264 e. The second-order valence-corrected chi connectivity index (χ2v) is 3.28. The van der Waals surface area contributed by atoms with Crippen LogP contribution < -0.4 is 5.01 Å². The Labute approximate surface area is 103 Å². The van der Waals surface area contributed by atoms with Crippen molar-refractivity contribution in [2.75, 3.05) is 5.01 Å². The van der Waals surface area contributed by atoms with Gasteiger partial charge in [0.05, 0.1) is 5.69 Å². The minimum Gasteiger partial charge on any atom is -0.264 e. The van der Waals surface area contributed by atoms with Crippen LogP contribution in [0.4, 0.5) is 5.69 Å². The second-order valence-electron chi connectivity index (χ2n) is 3.28. The zero-order chi connectivity index (χ0) is 9.38. The first-order chi connectivity index (χ1) is 6.95. The fourth-order valence-corrected chi connectivity index (χ4v) is 1.74. The fraction of sp³-hybridized carbons (Fsp3) is 0. The Kier molecular flexibility index (Phi) is 2.79. The third-order valence-electron chi connectivity index (χ3n) is 2.42. The average Bonchev–Trinajstić information content (AvgIpc) is 2.29. The quantitative estimate of drug-likeness (QED) is 0.686. The van der Waals surface area contributed by atoms with E-state index in [4.69, 9.17) is 0 Å². The van der Waals surface area contributed by atoms with E-state index < -0.39 is 0 Å². The van der Waals surface area contributed by atoms with Crippen molar-refractivity contribution >= 4 is 11.8 Å². The maximum Gasteiger partial charge on any atom is 2.00 e. The number of nitrogens with zero attached hydrogens (tertiary/aromatic N) is 2. The monoisotopic (exact) mass is 377 g/mol. The summed E-state index contributed by atoms with van der Waals surface area (Å²) in [5.41, 5.74) is 2.47. The van der Waals surface area contributed by atoms with Gasteiger partial charge in [0, 0.05) is 24.2 Å². The van der Waals surface area contributed by atoms with E-state index in [0.29, 0.717) is 0 Å². The van der Waals surface area contributed by atoms with Crippen LogP contribution in [0.1, 0.15) is 5.56 Å². The Hall–Kier alpha value is -1.27. The molecule has 15 heavy (non-hydrogen) atoms. The molecule has 3 heteroatoms. The summed E-state index contributed by atoms with van der Waals surface area (Å²) in [6.45, 7) is 0. The molecule has 0 aromatic heterocycles. The molecule has 0 saturated heterocycles. The predicted octanol–water partition coefficient (Wildman–Crippen LogP) is 2.73. The Morgan fingerprint density at radius 2 is 1.67 bits per heavy atom. The van der Waals surface area contributed by atoms with Crippen LogP contribution in [0.2, 0.25) is 0 Å². The van der Waals surface area contributed by atoms with Crippen LogP contribution in [0.25, 0.3) is 6.08 Å². The number of hydrazine groups is 1. The van der Waals surface area contributed by atoms with Crippen LogP contribution >= 0.6 is 0 Å². The maximum atomic E-state index is 2.12. The Morgan fingerprint density at radius 3 is 2.60 bits per heavy atom. The van der Waals surface area contributed by atoms with Crippen molar-refractivity contribution in [3.63, 3.8) is 0 Å². The van der Waals surface area contributed by atoms with Crippen molar-refractivity contribution in [3.05, 3.63) is 60.6 Å². The first-order valence-electron chi connectivity index (χ1n) is 4.65. The summed E-state index contributed by atoms with van der Waals surface area (Å²) < 4.78 is 0. The Morgan fingerprint density at radius 1 is 0.867 bits per heavy atom. The zero-order valence-corrected chi connectivity index (χ0v) is 10.3. The van der Waals surface area contributed by atoms with Gasteiger partial charge in [-0.15, -0.1) is 0 Å². The van der Waals surface area contributed by atoms with Gasteiger partial charge in [0.2, 0.25) is 0 Å². The SMILES string of the molecule is C1=CN2C=Cc3ccccc3N2C=C1.[Pt+2]. The van der Waals surface area contributed by atoms with E-state index >= 15 is 0 Å². The molecule has 0 saturated carbocycles. The van der Waals surface area contributed by atoms with E-state index in [1.807, 2.05) is 18.4 Å². The third kappa shape index (κ3) is 1.66. The van der Waals surface area contributed by atoms with Gasteiger partial charge in [0.25, 0.3) is 0 Å². The number of hydrogen-bond acceptors (Lipinski definition) is 2. The van der Waals surface area contributed by atoms with E-state index in [1.165, 1.54) is 11.3 Å². The summed E-state index contributed by atoms with van der Waals surface area (Å²) >= 11 is 0. The summed E-state index contributed by atoms with van der Waals surface area (Å²) in [6, 6.07) is 8.36. The molecular weight excluding hydrogens is 367 g/mol. The summed E-state index contributed by atoms with van der Waals surface area (Å²) in [4.78, 5) is 0. The number of rotatable bonds is 0. The number of hydrogen-bond donors (Lipinski definition) is 0. The predicted molar refractivity (Wildman–Crippen MR) is 58.1 cm³/mol. The number of allylic oxidation sites excluding steroid dienone is 2. The van der Waals surface area contributed by atoms with Gasteiger partial charge in [-0.25, -0.2) is 0 Å². The molecule has 0 atom stereocenters. The van der Waals surface area contributed by atoms with E-state index in [9.17, 15) is 0 Å². The van der Waals surface area contributed by atoms with Crippen molar-refractivity contribution < 1.29 is 21.1 Å². The number of anilines is 1. The van der Waals surface area contributed by atoms with Crippen molar-refractivity contribution in [1.29, 1.82) is 0 Å². The Balaban J connectivity index is 0.000000853. The standard InChI is InChI=1S/C12H10N2.Pt/c1-2-6-12-11(5-1)7-10-13-8-3-4-9-14(12)13;/h1-10H;/q;+2. The van der Waals surface area contributed by atoms with Crippen LogP contribution in [0.3, 0.4) is 0 Å². The largest absolute Gasteiger partial charge is 2.00 e. The molecule has 2 heterocycles.